The average molecular weight is 265 g/mol. The van der Waals surface area contributed by atoms with Gasteiger partial charge in [-0.05, 0) is 0 Å². The summed E-state index contributed by atoms with van der Waals surface area (Å²) in [5.41, 5.74) is 1.17. The van der Waals surface area contributed by atoms with Gasteiger partial charge in [-0.3, -0.25) is 10.1 Å². The first kappa shape index (κ1) is 15.2. The van der Waals surface area contributed by atoms with Crippen LogP contribution >= 0.6 is 0 Å². The van der Waals surface area contributed by atoms with E-state index < -0.39 is 6.09 Å². The molecule has 0 bridgehead atoms. The summed E-state index contributed by atoms with van der Waals surface area (Å²) in [6.45, 7) is 4.39. The Labute approximate surface area is 113 Å². The minimum atomic E-state index is -0.723. The van der Waals surface area contributed by atoms with Crippen LogP contribution in [0.3, 0.4) is 0 Å². The molecule has 0 spiro atoms. The fourth-order valence-electron chi connectivity index (χ4n) is 1.92. The Kier molecular flexibility index (Phi) is 6.02. The number of hydrogen-bond acceptors (Lipinski definition) is 3. The smallest absolute Gasteiger partial charge is 0.413 e. The number of amides is 2. The van der Waals surface area contributed by atoms with Crippen molar-refractivity contribution in [2.75, 3.05) is 13.7 Å². The molecule has 0 aromatic heterocycles. The highest BCUT2D eigenvalue weighted by Gasteiger charge is 2.20. The summed E-state index contributed by atoms with van der Waals surface area (Å²) < 4.78 is 4.37. The molecule has 1 atom stereocenters. The monoisotopic (exact) mass is 265 g/mol. The van der Waals surface area contributed by atoms with Crippen molar-refractivity contribution in [3.63, 3.8) is 0 Å². The molecule has 0 saturated heterocycles. The first-order chi connectivity index (χ1) is 9.04. The number of carbonyl (C=O) groups excluding carboxylic acids is 2. The lowest BCUT2D eigenvalue weighted by Crippen LogP contribution is -2.88. The Bertz CT molecular complexity index is 418. The van der Waals surface area contributed by atoms with Crippen LogP contribution in [0.5, 0.6) is 0 Å². The molecule has 19 heavy (non-hydrogen) atoms. The molecule has 1 aromatic rings. The minimum Gasteiger partial charge on any atom is -0.453 e. The van der Waals surface area contributed by atoms with E-state index in [0.29, 0.717) is 5.92 Å². The highest BCUT2D eigenvalue weighted by Crippen LogP contribution is 2.16. The number of nitrogens with one attached hydrogen (secondary N) is 1. The van der Waals surface area contributed by atoms with Gasteiger partial charge in [0.15, 0.2) is 6.54 Å². The highest BCUT2D eigenvalue weighted by molar-refractivity contribution is 5.92. The second-order valence-corrected chi connectivity index (χ2v) is 4.66. The second-order valence-electron chi connectivity index (χ2n) is 4.66. The molecule has 0 radical (unpaired) electrons. The van der Waals surface area contributed by atoms with Crippen LogP contribution in [-0.4, -0.2) is 25.7 Å². The molecule has 3 N–H and O–H groups in total. The van der Waals surface area contributed by atoms with Crippen molar-refractivity contribution in [2.45, 2.75) is 19.9 Å². The number of quaternary nitrogens is 1. The van der Waals surface area contributed by atoms with Crippen molar-refractivity contribution >= 4 is 12.0 Å². The van der Waals surface area contributed by atoms with Crippen LogP contribution in [0.25, 0.3) is 0 Å². The molecule has 1 aromatic carbocycles. The predicted octanol–water partition coefficient (Wildman–Crippen LogP) is 0.830. The van der Waals surface area contributed by atoms with E-state index in [1.54, 1.807) is 0 Å². The Balaban J connectivity index is 2.56. The van der Waals surface area contributed by atoms with Gasteiger partial charge in [0.1, 0.15) is 6.04 Å². The molecular formula is C14H21N2O3+. The number of carbonyl (C=O) groups is 2. The molecule has 0 unspecified atom stereocenters. The zero-order valence-electron chi connectivity index (χ0n) is 11.6. The standard InChI is InChI=1S/C14H20N2O3/c1-10(2)13(11-7-5-4-6-8-11)15-9-12(17)16-14(18)19-3/h4-8,10,13,15H,9H2,1-3H3,(H,16,17,18)/p+1/t13-/m0/s1. The maximum absolute atomic E-state index is 11.5. The summed E-state index contributed by atoms with van der Waals surface area (Å²) in [7, 11) is 1.23. The molecule has 104 valence electrons. The maximum atomic E-state index is 11.5. The molecule has 1 rings (SSSR count). The number of nitrogens with two attached hydrogens (primary N) is 1. The third-order valence-corrected chi connectivity index (χ3v) is 2.89. The summed E-state index contributed by atoms with van der Waals surface area (Å²) in [5, 5.41) is 4.07. The Morgan fingerprint density at radius 3 is 2.42 bits per heavy atom. The van der Waals surface area contributed by atoms with Gasteiger partial charge >= 0.3 is 6.09 Å². The number of imide groups is 1. The van der Waals surface area contributed by atoms with E-state index in [1.165, 1.54) is 12.7 Å². The SMILES string of the molecule is COC(=O)NC(=O)C[NH2+][C@H](c1ccccc1)C(C)C. The van der Waals surface area contributed by atoms with Gasteiger partial charge in [0, 0.05) is 11.5 Å². The molecule has 2 amide bonds. The van der Waals surface area contributed by atoms with E-state index in [1.807, 2.05) is 35.6 Å². The molecular weight excluding hydrogens is 244 g/mol. The number of ether oxygens (including phenoxy) is 1. The van der Waals surface area contributed by atoms with Crippen molar-refractivity contribution in [3.8, 4) is 0 Å². The van der Waals surface area contributed by atoms with Crippen LogP contribution < -0.4 is 10.6 Å². The van der Waals surface area contributed by atoms with E-state index in [2.05, 4.69) is 23.9 Å². The molecule has 0 aliphatic heterocycles. The first-order valence-corrected chi connectivity index (χ1v) is 6.30. The number of rotatable bonds is 5. The van der Waals surface area contributed by atoms with Gasteiger partial charge in [-0.1, -0.05) is 44.2 Å². The van der Waals surface area contributed by atoms with Crippen molar-refractivity contribution in [1.29, 1.82) is 0 Å². The van der Waals surface area contributed by atoms with E-state index in [4.69, 9.17) is 0 Å². The number of methoxy groups -OCH3 is 1. The molecule has 0 aliphatic rings. The third kappa shape index (κ3) is 5.09. The Morgan fingerprint density at radius 1 is 1.26 bits per heavy atom. The summed E-state index contributed by atoms with van der Waals surface area (Å²) >= 11 is 0. The number of benzene rings is 1. The molecule has 0 heterocycles. The lowest BCUT2D eigenvalue weighted by Gasteiger charge is -2.19. The summed E-state index contributed by atoms with van der Waals surface area (Å²) in [6.07, 6.45) is -0.723. The van der Waals surface area contributed by atoms with E-state index in [-0.39, 0.29) is 18.5 Å². The lowest BCUT2D eigenvalue weighted by molar-refractivity contribution is -0.692. The van der Waals surface area contributed by atoms with Crippen molar-refractivity contribution < 1.29 is 19.6 Å². The van der Waals surface area contributed by atoms with E-state index in [9.17, 15) is 9.59 Å². The average Bonchev–Trinajstić information content (AvgIpc) is 2.39. The largest absolute Gasteiger partial charge is 0.453 e. The molecule has 5 nitrogen and oxygen atoms in total. The topological polar surface area (TPSA) is 72.0 Å². The van der Waals surface area contributed by atoms with Gasteiger partial charge in [-0.15, -0.1) is 0 Å². The van der Waals surface area contributed by atoms with Crippen LogP contribution in [0.4, 0.5) is 4.79 Å². The molecule has 0 saturated carbocycles. The summed E-state index contributed by atoms with van der Waals surface area (Å²) in [4.78, 5) is 22.4. The molecule has 5 heteroatoms. The van der Waals surface area contributed by atoms with Gasteiger partial charge in [0.05, 0.1) is 7.11 Å². The minimum absolute atomic E-state index is 0.185. The fourth-order valence-corrected chi connectivity index (χ4v) is 1.92. The van der Waals surface area contributed by atoms with Crippen LogP contribution in [-0.2, 0) is 9.53 Å². The van der Waals surface area contributed by atoms with E-state index >= 15 is 0 Å². The van der Waals surface area contributed by atoms with Crippen molar-refractivity contribution in [2.24, 2.45) is 5.92 Å². The van der Waals surface area contributed by atoms with E-state index in [0.717, 1.165) is 0 Å². The van der Waals surface area contributed by atoms with Gasteiger partial charge in [-0.25, -0.2) is 4.79 Å². The van der Waals surface area contributed by atoms with Crippen LogP contribution in [0, 0.1) is 5.92 Å². The Morgan fingerprint density at radius 2 is 1.89 bits per heavy atom. The van der Waals surface area contributed by atoms with Gasteiger partial charge < -0.3 is 10.1 Å². The lowest BCUT2D eigenvalue weighted by atomic mass is 9.96. The van der Waals surface area contributed by atoms with Crippen LogP contribution in [0.1, 0.15) is 25.5 Å². The second kappa shape index (κ2) is 7.53. The highest BCUT2D eigenvalue weighted by atomic mass is 16.5. The fraction of sp³-hybridized carbons (Fsp3) is 0.429. The maximum Gasteiger partial charge on any atom is 0.413 e. The zero-order valence-corrected chi connectivity index (χ0v) is 11.6. The van der Waals surface area contributed by atoms with Gasteiger partial charge in [0.25, 0.3) is 5.91 Å². The van der Waals surface area contributed by atoms with Gasteiger partial charge in [-0.2, -0.15) is 0 Å². The van der Waals surface area contributed by atoms with Crippen LogP contribution in [0.2, 0.25) is 0 Å². The summed E-state index contributed by atoms with van der Waals surface area (Å²) in [5.74, 6) is 0.0294. The molecule has 0 fully saturated rings. The van der Waals surface area contributed by atoms with Crippen molar-refractivity contribution in [1.82, 2.24) is 5.32 Å². The zero-order chi connectivity index (χ0) is 14.3. The normalized spacial score (nSPS) is 12.0. The first-order valence-electron chi connectivity index (χ1n) is 6.30. The molecule has 0 aliphatic carbocycles. The van der Waals surface area contributed by atoms with Crippen molar-refractivity contribution in [3.05, 3.63) is 35.9 Å². The third-order valence-electron chi connectivity index (χ3n) is 2.89. The predicted molar refractivity (Wildman–Crippen MR) is 71.4 cm³/mol. The number of alkyl carbamates (subject to hydrolysis) is 1. The number of hydrogen-bond donors (Lipinski definition) is 2. The van der Waals surface area contributed by atoms with Gasteiger partial charge in [0.2, 0.25) is 0 Å². The van der Waals surface area contributed by atoms with Crippen LogP contribution in [0.15, 0.2) is 30.3 Å². The Hall–Kier alpha value is -1.88. The quantitative estimate of drug-likeness (QED) is 0.828. The summed E-state index contributed by atoms with van der Waals surface area (Å²) in [6, 6.07) is 10.2.